The number of nitrogens with one attached hydrogen (secondary N) is 1. The Morgan fingerprint density at radius 1 is 1.33 bits per heavy atom. The van der Waals surface area contributed by atoms with Gasteiger partial charge in [0.05, 0.1) is 12.7 Å². The second-order valence-electron chi connectivity index (χ2n) is 4.73. The van der Waals surface area contributed by atoms with Gasteiger partial charge in [-0.05, 0) is 26.0 Å². The Morgan fingerprint density at radius 3 is 2.39 bits per heavy atom. The summed E-state index contributed by atoms with van der Waals surface area (Å²) in [5, 5.41) is 12.8. The first-order valence-corrected chi connectivity index (χ1v) is 7.65. The molecule has 0 aliphatic carbocycles. The van der Waals surface area contributed by atoms with Crippen LogP contribution in [0.1, 0.15) is 41.0 Å². The van der Waals surface area contributed by atoms with Gasteiger partial charge in [-0.1, -0.05) is 20.8 Å². The van der Waals surface area contributed by atoms with E-state index in [9.17, 15) is 9.90 Å². The Kier molecular flexibility index (Phi) is 9.50. The van der Waals surface area contributed by atoms with Crippen molar-refractivity contribution in [2.45, 2.75) is 64.5 Å². The molecule has 5 heteroatoms. The summed E-state index contributed by atoms with van der Waals surface area (Å²) in [7, 11) is 0. The van der Waals surface area contributed by atoms with Gasteiger partial charge in [0.2, 0.25) is 0 Å². The number of carbonyl (C=O) groups is 1. The minimum atomic E-state index is -0.325. The second kappa shape index (κ2) is 9.64. The lowest BCUT2D eigenvalue weighted by Gasteiger charge is -2.21. The smallest absolute Gasteiger partial charge is 0.323 e. The lowest BCUT2D eigenvalue weighted by atomic mass is 10.2. The number of carbonyl (C=O) groups excluding carboxylic acids is 1. The third kappa shape index (κ3) is 7.95. The van der Waals surface area contributed by atoms with E-state index in [4.69, 9.17) is 4.74 Å². The Labute approximate surface area is 115 Å². The molecule has 0 aromatic rings. The first kappa shape index (κ1) is 17.7. The van der Waals surface area contributed by atoms with E-state index in [0.29, 0.717) is 6.61 Å². The van der Waals surface area contributed by atoms with Crippen molar-refractivity contribution < 1.29 is 14.6 Å². The van der Waals surface area contributed by atoms with E-state index in [-0.39, 0.29) is 29.4 Å². The van der Waals surface area contributed by atoms with Crippen molar-refractivity contribution in [3.8, 4) is 0 Å². The van der Waals surface area contributed by atoms with Crippen molar-refractivity contribution in [2.24, 2.45) is 0 Å². The van der Waals surface area contributed by atoms with Crippen LogP contribution >= 0.6 is 11.8 Å². The summed E-state index contributed by atoms with van der Waals surface area (Å²) >= 11 is 1.68. The van der Waals surface area contributed by atoms with Crippen molar-refractivity contribution in [1.82, 2.24) is 5.32 Å². The molecule has 0 fully saturated rings. The Hall–Kier alpha value is -0.260. The van der Waals surface area contributed by atoms with Crippen molar-refractivity contribution >= 4 is 17.7 Å². The molecule has 3 unspecified atom stereocenters. The van der Waals surface area contributed by atoms with Crippen LogP contribution in [0.25, 0.3) is 0 Å². The van der Waals surface area contributed by atoms with Crippen molar-refractivity contribution in [2.75, 3.05) is 12.4 Å². The monoisotopic (exact) mass is 277 g/mol. The highest BCUT2D eigenvalue weighted by Crippen LogP contribution is 2.16. The van der Waals surface area contributed by atoms with Crippen molar-refractivity contribution in [3.63, 3.8) is 0 Å². The maximum atomic E-state index is 11.7. The number of aliphatic hydroxyl groups is 1. The minimum absolute atomic E-state index is 0.184. The molecule has 0 saturated heterocycles. The van der Waals surface area contributed by atoms with Crippen LogP contribution < -0.4 is 5.32 Å². The third-order valence-corrected chi connectivity index (χ3v) is 3.96. The lowest BCUT2D eigenvalue weighted by Crippen LogP contribution is -2.42. The van der Waals surface area contributed by atoms with Gasteiger partial charge in [0.15, 0.2) is 0 Å². The topological polar surface area (TPSA) is 58.6 Å². The van der Waals surface area contributed by atoms with Crippen molar-refractivity contribution in [3.05, 3.63) is 0 Å². The maximum Gasteiger partial charge on any atom is 0.323 e. The number of thioether (sulfide) groups is 1. The van der Waals surface area contributed by atoms with E-state index in [2.05, 4.69) is 5.32 Å². The highest BCUT2D eigenvalue weighted by Gasteiger charge is 2.20. The van der Waals surface area contributed by atoms with Crippen LogP contribution in [0.2, 0.25) is 0 Å². The summed E-state index contributed by atoms with van der Waals surface area (Å²) in [4.78, 5) is 11.7. The van der Waals surface area contributed by atoms with Gasteiger partial charge in [0.1, 0.15) is 6.04 Å². The molecule has 0 spiro atoms. The summed E-state index contributed by atoms with van der Waals surface area (Å²) in [6.07, 6.45) is 0.396. The number of esters is 1. The van der Waals surface area contributed by atoms with Crippen LogP contribution in [-0.4, -0.2) is 46.9 Å². The van der Waals surface area contributed by atoms with E-state index < -0.39 is 0 Å². The van der Waals surface area contributed by atoms with E-state index in [1.165, 1.54) is 0 Å². The highest BCUT2D eigenvalue weighted by molar-refractivity contribution is 7.99. The van der Waals surface area contributed by atoms with Gasteiger partial charge >= 0.3 is 5.97 Å². The molecule has 0 aromatic heterocycles. The molecule has 0 aromatic carbocycles. The summed E-state index contributed by atoms with van der Waals surface area (Å²) in [6, 6.07) is -0.00255. The van der Waals surface area contributed by atoms with Crippen LogP contribution in [-0.2, 0) is 9.53 Å². The van der Waals surface area contributed by atoms with E-state index in [0.717, 1.165) is 12.2 Å². The molecule has 0 aliphatic heterocycles. The number of hydrogen-bond donors (Lipinski definition) is 2. The van der Waals surface area contributed by atoms with Gasteiger partial charge in [-0.25, -0.2) is 0 Å². The Morgan fingerprint density at radius 2 is 1.94 bits per heavy atom. The van der Waals surface area contributed by atoms with Crippen LogP contribution in [0.4, 0.5) is 0 Å². The maximum absolute atomic E-state index is 11.7. The summed E-state index contributed by atoms with van der Waals surface area (Å²) < 4.78 is 5.05. The zero-order chi connectivity index (χ0) is 14.1. The Balaban J connectivity index is 4.12. The summed E-state index contributed by atoms with van der Waals surface area (Å²) in [5.74, 6) is 0.645. The van der Waals surface area contributed by atoms with Gasteiger partial charge in [0.25, 0.3) is 0 Å². The zero-order valence-corrected chi connectivity index (χ0v) is 12.9. The van der Waals surface area contributed by atoms with Crippen LogP contribution in [0.3, 0.4) is 0 Å². The average Bonchev–Trinajstić information content (AvgIpc) is 2.27. The number of hydrogen-bond acceptors (Lipinski definition) is 5. The van der Waals surface area contributed by atoms with Gasteiger partial charge in [-0.2, -0.15) is 11.8 Å². The fourth-order valence-corrected chi connectivity index (χ4v) is 2.45. The van der Waals surface area contributed by atoms with Gasteiger partial charge in [-0.15, -0.1) is 0 Å². The molecule has 0 radical (unpaired) electrons. The van der Waals surface area contributed by atoms with Gasteiger partial charge in [0, 0.05) is 11.3 Å². The molecule has 0 amide bonds. The number of ether oxygens (including phenoxy) is 1. The van der Waals surface area contributed by atoms with E-state index in [1.807, 2.05) is 27.7 Å². The molecule has 0 saturated carbocycles. The van der Waals surface area contributed by atoms with E-state index >= 15 is 0 Å². The highest BCUT2D eigenvalue weighted by atomic mass is 32.2. The predicted octanol–water partition coefficient (Wildman–Crippen LogP) is 1.81. The summed E-state index contributed by atoms with van der Waals surface area (Å²) in [5.41, 5.74) is 0. The normalized spacial score (nSPS) is 16.4. The molecule has 108 valence electrons. The standard InChI is InChI=1S/C13H27NO3S/c1-6-17-13(16)12(14-9(2)3)7-8-18-11(5)10(4)15/h9-12,14-15H,6-8H2,1-5H3. The van der Waals surface area contributed by atoms with Gasteiger partial charge in [-0.3, -0.25) is 4.79 Å². The molecule has 3 atom stereocenters. The zero-order valence-electron chi connectivity index (χ0n) is 12.1. The van der Waals surface area contributed by atoms with Crippen LogP contribution in [0.5, 0.6) is 0 Å². The predicted molar refractivity (Wildman–Crippen MR) is 76.9 cm³/mol. The first-order chi connectivity index (χ1) is 8.38. The molecule has 0 aliphatic rings. The Bertz CT molecular complexity index is 234. The molecule has 18 heavy (non-hydrogen) atoms. The third-order valence-electron chi connectivity index (χ3n) is 2.57. The molecule has 0 rings (SSSR count). The molecule has 4 nitrogen and oxygen atoms in total. The first-order valence-electron chi connectivity index (χ1n) is 6.60. The van der Waals surface area contributed by atoms with Gasteiger partial charge < -0.3 is 15.2 Å². The van der Waals surface area contributed by atoms with Crippen LogP contribution in [0, 0.1) is 0 Å². The fraction of sp³-hybridized carbons (Fsp3) is 0.923. The molecular formula is C13H27NO3S. The SMILES string of the molecule is CCOC(=O)C(CCSC(C)C(C)O)NC(C)C. The van der Waals surface area contributed by atoms with Crippen molar-refractivity contribution in [1.29, 1.82) is 0 Å². The largest absolute Gasteiger partial charge is 0.465 e. The van der Waals surface area contributed by atoms with E-state index in [1.54, 1.807) is 18.7 Å². The molecular weight excluding hydrogens is 250 g/mol. The number of aliphatic hydroxyl groups excluding tert-OH is 1. The quantitative estimate of drug-likeness (QED) is 0.630. The molecule has 0 bridgehead atoms. The number of rotatable bonds is 9. The minimum Gasteiger partial charge on any atom is -0.465 e. The lowest BCUT2D eigenvalue weighted by molar-refractivity contribution is -0.145. The summed E-state index contributed by atoms with van der Waals surface area (Å²) in [6.45, 7) is 10.0. The second-order valence-corrected chi connectivity index (χ2v) is 6.22. The average molecular weight is 277 g/mol. The molecule has 2 N–H and O–H groups in total. The van der Waals surface area contributed by atoms with Crippen LogP contribution in [0.15, 0.2) is 0 Å². The molecule has 0 heterocycles. The fourth-order valence-electron chi connectivity index (χ4n) is 1.43.